The Morgan fingerprint density at radius 1 is 1.11 bits per heavy atom. The minimum atomic E-state index is -1.19. The summed E-state index contributed by atoms with van der Waals surface area (Å²) in [6.45, 7) is 0. The second-order valence-corrected chi connectivity index (χ2v) is 7.14. The van der Waals surface area contributed by atoms with Crippen LogP contribution in [0.15, 0.2) is 42.5 Å². The average Bonchev–Trinajstić information content (AvgIpc) is 3.01. The van der Waals surface area contributed by atoms with E-state index >= 15 is 0 Å². The van der Waals surface area contributed by atoms with Crippen molar-refractivity contribution in [3.8, 4) is 0 Å². The van der Waals surface area contributed by atoms with Crippen LogP contribution in [0.1, 0.15) is 27.9 Å². The highest BCUT2D eigenvalue weighted by molar-refractivity contribution is 6.31. The molecule has 2 aromatic rings. The molecule has 0 aliphatic heterocycles. The molecule has 140 valence electrons. The molecule has 2 aromatic carbocycles. The van der Waals surface area contributed by atoms with Gasteiger partial charge in [-0.3, -0.25) is 14.4 Å². The van der Waals surface area contributed by atoms with E-state index in [1.54, 1.807) is 6.07 Å². The molecule has 0 saturated heterocycles. The molecule has 27 heavy (non-hydrogen) atoms. The number of nitrogens with one attached hydrogen (secondary N) is 2. The molecule has 6 nitrogen and oxygen atoms in total. The van der Waals surface area contributed by atoms with E-state index in [0.29, 0.717) is 23.6 Å². The van der Waals surface area contributed by atoms with E-state index in [4.69, 9.17) is 11.6 Å². The standard InChI is InChI=1S/C20H19ClN2O4/c1-22-18(25)15-8-14(21)6-7-16(15)23-17(24)11-20(19(26)27)9-12-4-2-3-5-13(12)10-20/h2-8H,9-11H2,1H3,(H,22,25)(H,23,24)(H,26,27). The smallest absolute Gasteiger partial charge is 0.310 e. The van der Waals surface area contributed by atoms with Crippen LogP contribution in [-0.2, 0) is 22.4 Å². The van der Waals surface area contributed by atoms with Gasteiger partial charge in [-0.05, 0) is 42.2 Å². The van der Waals surface area contributed by atoms with E-state index in [0.717, 1.165) is 11.1 Å². The molecular formula is C20H19ClN2O4. The summed E-state index contributed by atoms with van der Waals surface area (Å²) >= 11 is 5.94. The van der Waals surface area contributed by atoms with Crippen molar-refractivity contribution in [3.05, 3.63) is 64.2 Å². The Hall–Kier alpha value is -2.86. The molecule has 0 fully saturated rings. The first-order chi connectivity index (χ1) is 12.8. The number of halogens is 1. The number of benzene rings is 2. The lowest BCUT2D eigenvalue weighted by atomic mass is 9.81. The molecule has 7 heteroatoms. The zero-order valence-corrected chi connectivity index (χ0v) is 15.5. The first-order valence-corrected chi connectivity index (χ1v) is 8.84. The fraction of sp³-hybridized carbons (Fsp3) is 0.250. The van der Waals surface area contributed by atoms with Crippen molar-refractivity contribution in [1.29, 1.82) is 0 Å². The number of amides is 2. The van der Waals surface area contributed by atoms with E-state index in [2.05, 4.69) is 10.6 Å². The first kappa shape index (κ1) is 18.9. The SMILES string of the molecule is CNC(=O)c1cc(Cl)ccc1NC(=O)CC1(C(=O)O)Cc2ccccc2C1. The van der Waals surface area contributed by atoms with Crippen molar-refractivity contribution < 1.29 is 19.5 Å². The third-order valence-corrected chi connectivity index (χ3v) is 5.09. The van der Waals surface area contributed by atoms with E-state index in [9.17, 15) is 19.5 Å². The fourth-order valence-electron chi connectivity index (χ4n) is 3.50. The summed E-state index contributed by atoms with van der Waals surface area (Å²) in [5.41, 5.74) is 1.22. The summed E-state index contributed by atoms with van der Waals surface area (Å²) < 4.78 is 0. The second-order valence-electron chi connectivity index (χ2n) is 6.70. The maximum atomic E-state index is 12.6. The van der Waals surface area contributed by atoms with Crippen LogP contribution < -0.4 is 10.6 Å². The minimum Gasteiger partial charge on any atom is -0.481 e. The molecule has 0 unspecified atom stereocenters. The van der Waals surface area contributed by atoms with Gasteiger partial charge in [-0.25, -0.2) is 0 Å². The van der Waals surface area contributed by atoms with Gasteiger partial charge in [-0.1, -0.05) is 35.9 Å². The van der Waals surface area contributed by atoms with Crippen LogP contribution in [-0.4, -0.2) is 29.9 Å². The molecule has 0 spiro atoms. The summed E-state index contributed by atoms with van der Waals surface area (Å²) in [5, 5.41) is 15.3. The van der Waals surface area contributed by atoms with Crippen molar-refractivity contribution >= 4 is 35.1 Å². The molecule has 1 aliphatic carbocycles. The predicted octanol–water partition coefficient (Wildman–Crippen LogP) is 2.90. The van der Waals surface area contributed by atoms with E-state index in [-0.39, 0.29) is 12.0 Å². The second kappa shape index (κ2) is 7.40. The van der Waals surface area contributed by atoms with Gasteiger partial charge in [0.2, 0.25) is 5.91 Å². The molecular weight excluding hydrogens is 368 g/mol. The zero-order valence-electron chi connectivity index (χ0n) is 14.7. The number of carbonyl (C=O) groups is 3. The summed E-state index contributed by atoms with van der Waals surface area (Å²) in [6.07, 6.45) is 0.413. The molecule has 2 amide bonds. The third-order valence-electron chi connectivity index (χ3n) is 4.86. The lowest BCUT2D eigenvalue weighted by Crippen LogP contribution is -2.36. The highest BCUT2D eigenvalue weighted by atomic mass is 35.5. The summed E-state index contributed by atoms with van der Waals surface area (Å²) in [7, 11) is 1.48. The van der Waals surface area contributed by atoms with Crippen LogP contribution in [0, 0.1) is 5.41 Å². The third kappa shape index (κ3) is 3.80. The fourth-order valence-corrected chi connectivity index (χ4v) is 3.67. The maximum Gasteiger partial charge on any atom is 0.310 e. The van der Waals surface area contributed by atoms with Gasteiger partial charge in [0.05, 0.1) is 16.7 Å². The zero-order chi connectivity index (χ0) is 19.6. The first-order valence-electron chi connectivity index (χ1n) is 8.46. The van der Waals surface area contributed by atoms with Crippen LogP contribution in [0.3, 0.4) is 0 Å². The van der Waals surface area contributed by atoms with Crippen molar-refractivity contribution in [3.63, 3.8) is 0 Å². The Balaban J connectivity index is 1.81. The number of hydrogen-bond acceptors (Lipinski definition) is 3. The number of aliphatic carboxylic acids is 1. The number of carboxylic acid groups (broad SMARTS) is 1. The maximum absolute atomic E-state index is 12.6. The number of carboxylic acids is 1. The molecule has 1 aliphatic rings. The Bertz CT molecular complexity index is 901. The Kier molecular flexibility index (Phi) is 5.19. The molecule has 0 radical (unpaired) electrons. The van der Waals surface area contributed by atoms with Gasteiger partial charge in [-0.2, -0.15) is 0 Å². The molecule has 3 N–H and O–H groups in total. The number of carbonyl (C=O) groups excluding carboxylic acids is 2. The van der Waals surface area contributed by atoms with Crippen molar-refractivity contribution in [2.24, 2.45) is 5.41 Å². The lowest BCUT2D eigenvalue weighted by Gasteiger charge is -2.23. The summed E-state index contributed by atoms with van der Waals surface area (Å²) in [6, 6.07) is 12.0. The van der Waals surface area contributed by atoms with E-state index in [1.807, 2.05) is 24.3 Å². The van der Waals surface area contributed by atoms with Crippen LogP contribution in [0.25, 0.3) is 0 Å². The summed E-state index contributed by atoms with van der Waals surface area (Å²) in [4.78, 5) is 36.6. The monoisotopic (exact) mass is 386 g/mol. The van der Waals surface area contributed by atoms with Crippen LogP contribution >= 0.6 is 11.6 Å². The van der Waals surface area contributed by atoms with Crippen molar-refractivity contribution in [2.45, 2.75) is 19.3 Å². The van der Waals surface area contributed by atoms with E-state index < -0.39 is 23.2 Å². The van der Waals surface area contributed by atoms with Gasteiger partial charge in [0.1, 0.15) is 0 Å². The lowest BCUT2D eigenvalue weighted by molar-refractivity contribution is -0.150. The van der Waals surface area contributed by atoms with Crippen molar-refractivity contribution in [1.82, 2.24) is 5.32 Å². The van der Waals surface area contributed by atoms with Gasteiger partial charge < -0.3 is 15.7 Å². The number of anilines is 1. The molecule has 0 heterocycles. The highest BCUT2D eigenvalue weighted by Gasteiger charge is 2.45. The molecule has 0 atom stereocenters. The van der Waals surface area contributed by atoms with Crippen LogP contribution in [0.5, 0.6) is 0 Å². The molecule has 0 bridgehead atoms. The quantitative estimate of drug-likeness (QED) is 0.736. The highest BCUT2D eigenvalue weighted by Crippen LogP contribution is 2.40. The molecule has 3 rings (SSSR count). The predicted molar refractivity (Wildman–Crippen MR) is 102 cm³/mol. The van der Waals surface area contributed by atoms with Crippen molar-refractivity contribution in [2.75, 3.05) is 12.4 Å². The number of rotatable bonds is 5. The van der Waals surface area contributed by atoms with Crippen LogP contribution in [0.2, 0.25) is 5.02 Å². The normalized spacial score (nSPS) is 14.3. The minimum absolute atomic E-state index is 0.188. The Morgan fingerprint density at radius 2 is 1.74 bits per heavy atom. The Labute approximate surface area is 161 Å². The van der Waals surface area contributed by atoms with Gasteiger partial charge in [0.25, 0.3) is 5.91 Å². The van der Waals surface area contributed by atoms with Gasteiger partial charge in [0.15, 0.2) is 0 Å². The van der Waals surface area contributed by atoms with Gasteiger partial charge in [-0.15, -0.1) is 0 Å². The number of hydrogen-bond donors (Lipinski definition) is 3. The molecule has 0 aromatic heterocycles. The van der Waals surface area contributed by atoms with Gasteiger partial charge in [0, 0.05) is 18.5 Å². The summed E-state index contributed by atoms with van der Waals surface area (Å²) in [5.74, 6) is -1.86. The van der Waals surface area contributed by atoms with Crippen LogP contribution in [0.4, 0.5) is 5.69 Å². The average molecular weight is 387 g/mol. The largest absolute Gasteiger partial charge is 0.481 e. The topological polar surface area (TPSA) is 95.5 Å². The van der Waals surface area contributed by atoms with E-state index in [1.165, 1.54) is 19.2 Å². The number of fused-ring (bicyclic) bond motifs is 1. The molecule has 0 saturated carbocycles. The van der Waals surface area contributed by atoms with Gasteiger partial charge >= 0.3 is 5.97 Å². The Morgan fingerprint density at radius 3 is 2.30 bits per heavy atom.